The Morgan fingerprint density at radius 3 is 2.69 bits per heavy atom. The third-order valence-corrected chi connectivity index (χ3v) is 1.95. The molecule has 1 aromatic carbocycles. The summed E-state index contributed by atoms with van der Waals surface area (Å²) in [4.78, 5) is 3.95. The van der Waals surface area contributed by atoms with E-state index in [1.807, 2.05) is 42.5 Å². The molecule has 2 rings (SSSR count). The molecule has 1 heterocycles. The molecule has 0 aliphatic carbocycles. The fourth-order valence-corrected chi connectivity index (χ4v) is 1.21. The van der Waals surface area contributed by atoms with Crippen molar-refractivity contribution in [1.29, 1.82) is 0 Å². The lowest BCUT2D eigenvalue weighted by molar-refractivity contribution is 0.368. The fourth-order valence-electron chi connectivity index (χ4n) is 1.21. The van der Waals surface area contributed by atoms with Crippen LogP contribution in [0.15, 0.2) is 54.9 Å². The van der Waals surface area contributed by atoms with Crippen LogP contribution in [0, 0.1) is 11.8 Å². The average Bonchev–Trinajstić information content (AvgIpc) is 2.37. The van der Waals surface area contributed by atoms with Gasteiger partial charge in [0.25, 0.3) is 0 Å². The Morgan fingerprint density at radius 2 is 1.94 bits per heavy atom. The summed E-state index contributed by atoms with van der Waals surface area (Å²) >= 11 is 0. The van der Waals surface area contributed by atoms with Crippen LogP contribution in [0.3, 0.4) is 0 Å². The van der Waals surface area contributed by atoms with E-state index < -0.39 is 0 Å². The number of hydrogen-bond acceptors (Lipinski definition) is 2. The number of aromatic nitrogens is 1. The van der Waals surface area contributed by atoms with Gasteiger partial charge in [0.2, 0.25) is 0 Å². The number of nitrogens with zero attached hydrogens (tertiary/aromatic N) is 1. The first kappa shape index (κ1) is 10.3. The first-order chi connectivity index (χ1) is 7.95. The van der Waals surface area contributed by atoms with E-state index in [2.05, 4.69) is 16.8 Å². The van der Waals surface area contributed by atoms with Crippen molar-refractivity contribution in [3.8, 4) is 17.6 Å². The summed E-state index contributed by atoms with van der Waals surface area (Å²) in [6.07, 6.45) is 3.38. The predicted octanol–water partition coefficient (Wildman–Crippen LogP) is 2.51. The highest BCUT2D eigenvalue weighted by molar-refractivity contribution is 5.33. The smallest absolute Gasteiger partial charge is 0.149 e. The first-order valence-corrected chi connectivity index (χ1v) is 5.02. The fraction of sp³-hybridized carbons (Fsp3) is 0.0714. The third-order valence-electron chi connectivity index (χ3n) is 1.95. The minimum absolute atomic E-state index is 0.376. The van der Waals surface area contributed by atoms with Gasteiger partial charge in [-0.25, -0.2) is 0 Å². The quantitative estimate of drug-likeness (QED) is 0.709. The van der Waals surface area contributed by atoms with Gasteiger partial charge in [-0.15, -0.1) is 0 Å². The summed E-state index contributed by atoms with van der Waals surface area (Å²) in [6.45, 7) is 0.376. The van der Waals surface area contributed by atoms with Gasteiger partial charge < -0.3 is 4.74 Å². The molecular formula is C14H11NO. The summed E-state index contributed by atoms with van der Waals surface area (Å²) < 4.78 is 5.39. The molecule has 2 heteroatoms. The van der Waals surface area contributed by atoms with Gasteiger partial charge in [-0.1, -0.05) is 30.0 Å². The highest BCUT2D eigenvalue weighted by atomic mass is 16.5. The highest BCUT2D eigenvalue weighted by Crippen LogP contribution is 2.05. The van der Waals surface area contributed by atoms with E-state index in [1.54, 1.807) is 12.4 Å². The first-order valence-electron chi connectivity index (χ1n) is 5.02. The van der Waals surface area contributed by atoms with Crippen molar-refractivity contribution in [3.05, 3.63) is 60.4 Å². The molecule has 0 atom stereocenters. The van der Waals surface area contributed by atoms with Crippen LogP contribution in [0.2, 0.25) is 0 Å². The molecule has 0 bridgehead atoms. The maximum Gasteiger partial charge on any atom is 0.149 e. The standard InChI is InChI=1S/C14H11NO/c1-2-6-13(7-3-1)8-5-11-16-14-9-4-10-15-12-14/h1-4,6-7,9-10,12H,11H2. The number of rotatable bonds is 2. The van der Waals surface area contributed by atoms with E-state index in [4.69, 9.17) is 4.74 Å². The van der Waals surface area contributed by atoms with E-state index in [0.29, 0.717) is 6.61 Å². The van der Waals surface area contributed by atoms with Gasteiger partial charge in [-0.2, -0.15) is 0 Å². The minimum atomic E-state index is 0.376. The topological polar surface area (TPSA) is 22.1 Å². The van der Waals surface area contributed by atoms with E-state index in [0.717, 1.165) is 11.3 Å². The summed E-state index contributed by atoms with van der Waals surface area (Å²) in [5, 5.41) is 0. The van der Waals surface area contributed by atoms with Crippen LogP contribution in [0.4, 0.5) is 0 Å². The number of pyridine rings is 1. The van der Waals surface area contributed by atoms with Crippen molar-refractivity contribution in [2.75, 3.05) is 6.61 Å². The van der Waals surface area contributed by atoms with Gasteiger partial charge in [-0.3, -0.25) is 4.98 Å². The Kier molecular flexibility index (Phi) is 3.57. The second kappa shape index (κ2) is 5.57. The summed E-state index contributed by atoms with van der Waals surface area (Å²) in [5.41, 5.74) is 0.997. The van der Waals surface area contributed by atoms with E-state index >= 15 is 0 Å². The van der Waals surface area contributed by atoms with Crippen LogP contribution in [0.1, 0.15) is 5.56 Å². The molecule has 0 saturated heterocycles. The van der Waals surface area contributed by atoms with Crippen molar-refractivity contribution in [3.63, 3.8) is 0 Å². The largest absolute Gasteiger partial charge is 0.479 e. The van der Waals surface area contributed by atoms with E-state index in [9.17, 15) is 0 Å². The molecule has 78 valence electrons. The van der Waals surface area contributed by atoms with Crippen LogP contribution in [-0.2, 0) is 0 Å². The number of benzene rings is 1. The molecule has 0 aliphatic rings. The predicted molar refractivity (Wildman–Crippen MR) is 63.1 cm³/mol. The van der Waals surface area contributed by atoms with Crippen LogP contribution >= 0.6 is 0 Å². The molecule has 2 aromatic rings. The van der Waals surface area contributed by atoms with Gasteiger partial charge >= 0.3 is 0 Å². The Balaban J connectivity index is 1.87. The van der Waals surface area contributed by atoms with Gasteiger partial charge in [0.15, 0.2) is 0 Å². The Labute approximate surface area is 94.9 Å². The second-order valence-electron chi connectivity index (χ2n) is 3.15. The van der Waals surface area contributed by atoms with Gasteiger partial charge in [0.1, 0.15) is 12.4 Å². The van der Waals surface area contributed by atoms with Crippen molar-refractivity contribution in [2.45, 2.75) is 0 Å². The summed E-state index contributed by atoms with van der Waals surface area (Å²) in [7, 11) is 0. The van der Waals surface area contributed by atoms with Crippen LogP contribution in [-0.4, -0.2) is 11.6 Å². The Hall–Kier alpha value is -2.27. The van der Waals surface area contributed by atoms with Crippen LogP contribution < -0.4 is 4.74 Å². The third kappa shape index (κ3) is 3.14. The van der Waals surface area contributed by atoms with Gasteiger partial charge in [0.05, 0.1) is 6.20 Å². The lowest BCUT2D eigenvalue weighted by Gasteiger charge is -1.98. The molecule has 1 aromatic heterocycles. The second-order valence-corrected chi connectivity index (χ2v) is 3.15. The Bertz CT molecular complexity index is 482. The summed E-state index contributed by atoms with van der Waals surface area (Å²) in [6, 6.07) is 13.5. The van der Waals surface area contributed by atoms with Crippen molar-refractivity contribution in [2.24, 2.45) is 0 Å². The molecule has 0 aliphatic heterocycles. The molecule has 16 heavy (non-hydrogen) atoms. The summed E-state index contributed by atoms with van der Waals surface area (Å²) in [5.74, 6) is 6.71. The molecular weight excluding hydrogens is 198 g/mol. The lowest BCUT2D eigenvalue weighted by Crippen LogP contribution is -1.93. The van der Waals surface area contributed by atoms with Crippen LogP contribution in [0.5, 0.6) is 5.75 Å². The molecule has 0 spiro atoms. The zero-order chi connectivity index (χ0) is 11.1. The van der Waals surface area contributed by atoms with E-state index in [1.165, 1.54) is 0 Å². The van der Waals surface area contributed by atoms with E-state index in [-0.39, 0.29) is 0 Å². The molecule has 0 radical (unpaired) electrons. The Morgan fingerprint density at radius 1 is 1.06 bits per heavy atom. The molecule has 0 fully saturated rings. The average molecular weight is 209 g/mol. The highest BCUT2D eigenvalue weighted by Gasteiger charge is 1.88. The van der Waals surface area contributed by atoms with Crippen LogP contribution in [0.25, 0.3) is 0 Å². The number of hydrogen-bond donors (Lipinski definition) is 0. The molecule has 0 unspecified atom stereocenters. The number of ether oxygens (including phenoxy) is 1. The monoisotopic (exact) mass is 209 g/mol. The van der Waals surface area contributed by atoms with Crippen molar-refractivity contribution >= 4 is 0 Å². The lowest BCUT2D eigenvalue weighted by atomic mass is 10.2. The SMILES string of the molecule is C(#Cc1ccccc1)COc1cccnc1. The normalized spacial score (nSPS) is 9.00. The minimum Gasteiger partial charge on any atom is -0.479 e. The van der Waals surface area contributed by atoms with Gasteiger partial charge in [-0.05, 0) is 24.3 Å². The molecule has 0 amide bonds. The molecule has 0 saturated carbocycles. The zero-order valence-corrected chi connectivity index (χ0v) is 8.76. The zero-order valence-electron chi connectivity index (χ0n) is 8.76. The molecule has 2 nitrogen and oxygen atoms in total. The van der Waals surface area contributed by atoms with Crippen molar-refractivity contribution in [1.82, 2.24) is 4.98 Å². The maximum atomic E-state index is 5.39. The van der Waals surface area contributed by atoms with Gasteiger partial charge in [0, 0.05) is 11.8 Å². The maximum absolute atomic E-state index is 5.39. The van der Waals surface area contributed by atoms with Crippen molar-refractivity contribution < 1.29 is 4.74 Å². The molecule has 0 N–H and O–H groups in total.